The highest BCUT2D eigenvalue weighted by atomic mass is 16.5. The third-order valence-electron chi connectivity index (χ3n) is 5.24. The number of unbranched alkanes of at least 4 members (excludes halogenated alkanes) is 2. The predicted molar refractivity (Wildman–Crippen MR) is 107 cm³/mol. The highest BCUT2D eigenvalue weighted by Crippen LogP contribution is 2.19. The zero-order valence-corrected chi connectivity index (χ0v) is 16.6. The van der Waals surface area contributed by atoms with E-state index in [1.165, 1.54) is 5.56 Å². The molecule has 0 aliphatic carbocycles. The molecule has 1 fully saturated rings. The minimum atomic E-state index is -0.251. The fourth-order valence-corrected chi connectivity index (χ4v) is 3.62. The van der Waals surface area contributed by atoms with Gasteiger partial charge in [0.05, 0.1) is 6.61 Å². The molecule has 1 aliphatic heterocycles. The molecule has 1 atom stereocenters. The summed E-state index contributed by atoms with van der Waals surface area (Å²) in [7, 11) is 0. The Bertz CT molecular complexity index is 542. The molecule has 27 heavy (non-hydrogen) atoms. The van der Waals surface area contributed by atoms with Crippen LogP contribution in [0.25, 0.3) is 0 Å². The van der Waals surface area contributed by atoms with E-state index in [9.17, 15) is 9.59 Å². The molecule has 150 valence electrons. The SMILES string of the molecule is CCOC(=O)C(CCCCC=O)NCC1CCN(Cc2ccccc2)CC1. The molecule has 1 aliphatic rings. The Kier molecular flexibility index (Phi) is 10.1. The topological polar surface area (TPSA) is 58.6 Å². The summed E-state index contributed by atoms with van der Waals surface area (Å²) in [6.07, 6.45) is 6.25. The van der Waals surface area contributed by atoms with E-state index in [0.717, 1.165) is 64.6 Å². The van der Waals surface area contributed by atoms with Crippen molar-refractivity contribution in [3.05, 3.63) is 35.9 Å². The molecule has 1 aromatic carbocycles. The second-order valence-electron chi connectivity index (χ2n) is 7.37. The van der Waals surface area contributed by atoms with Gasteiger partial charge in [0.1, 0.15) is 12.3 Å². The van der Waals surface area contributed by atoms with Gasteiger partial charge in [0.15, 0.2) is 0 Å². The first-order valence-electron chi connectivity index (χ1n) is 10.3. The molecule has 0 spiro atoms. The number of carbonyl (C=O) groups excluding carboxylic acids is 2. The molecular weight excluding hydrogens is 340 g/mol. The molecular formula is C22H34N2O3. The minimum Gasteiger partial charge on any atom is -0.465 e. The largest absolute Gasteiger partial charge is 0.465 e. The lowest BCUT2D eigenvalue weighted by molar-refractivity contribution is -0.146. The summed E-state index contributed by atoms with van der Waals surface area (Å²) in [5.41, 5.74) is 1.37. The van der Waals surface area contributed by atoms with Crippen molar-refractivity contribution in [3.63, 3.8) is 0 Å². The smallest absolute Gasteiger partial charge is 0.323 e. The number of benzene rings is 1. The third-order valence-corrected chi connectivity index (χ3v) is 5.24. The Hall–Kier alpha value is -1.72. The molecule has 0 bridgehead atoms. The lowest BCUT2D eigenvalue weighted by atomic mass is 9.95. The number of aldehydes is 1. The number of rotatable bonds is 12. The van der Waals surface area contributed by atoms with Crippen LogP contribution in [0.15, 0.2) is 30.3 Å². The quantitative estimate of drug-likeness (QED) is 0.346. The van der Waals surface area contributed by atoms with E-state index in [0.29, 0.717) is 18.9 Å². The third kappa shape index (κ3) is 8.22. The minimum absolute atomic E-state index is 0.162. The van der Waals surface area contributed by atoms with Crippen LogP contribution in [0.1, 0.15) is 51.0 Å². The van der Waals surface area contributed by atoms with E-state index >= 15 is 0 Å². The summed E-state index contributed by atoms with van der Waals surface area (Å²) in [5.74, 6) is 0.439. The van der Waals surface area contributed by atoms with E-state index in [1.54, 1.807) is 0 Å². The molecule has 0 amide bonds. The molecule has 0 aromatic heterocycles. The molecule has 1 saturated heterocycles. The summed E-state index contributed by atoms with van der Waals surface area (Å²) in [5, 5.41) is 3.43. The summed E-state index contributed by atoms with van der Waals surface area (Å²) in [6, 6.07) is 10.4. The first kappa shape index (κ1) is 21.6. The van der Waals surface area contributed by atoms with Crippen molar-refractivity contribution in [1.82, 2.24) is 10.2 Å². The van der Waals surface area contributed by atoms with Gasteiger partial charge in [-0.05, 0) is 63.7 Å². The van der Waals surface area contributed by atoms with E-state index < -0.39 is 0 Å². The summed E-state index contributed by atoms with van der Waals surface area (Å²) in [4.78, 5) is 25.1. The van der Waals surface area contributed by atoms with Crippen molar-refractivity contribution in [1.29, 1.82) is 0 Å². The normalized spacial score (nSPS) is 16.8. The number of esters is 1. The Labute approximate surface area is 163 Å². The van der Waals surface area contributed by atoms with Gasteiger partial charge in [-0.1, -0.05) is 36.8 Å². The fourth-order valence-electron chi connectivity index (χ4n) is 3.62. The second-order valence-corrected chi connectivity index (χ2v) is 7.37. The van der Waals surface area contributed by atoms with Crippen LogP contribution in [0, 0.1) is 5.92 Å². The molecule has 1 heterocycles. The summed E-state index contributed by atoms with van der Waals surface area (Å²) in [6.45, 7) is 6.32. The number of hydrogen-bond donors (Lipinski definition) is 1. The maximum Gasteiger partial charge on any atom is 0.323 e. The lowest BCUT2D eigenvalue weighted by Crippen LogP contribution is -2.43. The number of ether oxygens (including phenoxy) is 1. The molecule has 2 rings (SSSR count). The van der Waals surface area contributed by atoms with Gasteiger partial charge in [-0.15, -0.1) is 0 Å². The van der Waals surface area contributed by atoms with Gasteiger partial charge in [0.25, 0.3) is 0 Å². The monoisotopic (exact) mass is 374 g/mol. The Balaban J connectivity index is 1.71. The summed E-state index contributed by atoms with van der Waals surface area (Å²) < 4.78 is 5.21. The van der Waals surface area contributed by atoms with Gasteiger partial charge in [-0.3, -0.25) is 9.69 Å². The lowest BCUT2D eigenvalue weighted by Gasteiger charge is -2.32. The Morgan fingerprint density at radius 3 is 2.67 bits per heavy atom. The van der Waals surface area contributed by atoms with Gasteiger partial charge in [0.2, 0.25) is 0 Å². The number of likely N-dealkylation sites (tertiary alicyclic amines) is 1. The van der Waals surface area contributed by atoms with E-state index in [1.807, 2.05) is 6.92 Å². The number of nitrogens with zero attached hydrogens (tertiary/aromatic N) is 1. The number of nitrogens with one attached hydrogen (secondary N) is 1. The summed E-state index contributed by atoms with van der Waals surface area (Å²) >= 11 is 0. The molecule has 5 nitrogen and oxygen atoms in total. The standard InChI is InChI=1S/C22H34N2O3/c1-2-27-22(26)21(11-7-4-8-16-25)23-17-19-12-14-24(15-13-19)18-20-9-5-3-6-10-20/h3,5-6,9-10,16,19,21,23H,2,4,7-8,11-15,17-18H2,1H3. The molecule has 0 saturated carbocycles. The van der Waals surface area contributed by atoms with Crippen LogP contribution in [-0.2, 0) is 20.9 Å². The van der Waals surface area contributed by atoms with Crippen molar-refractivity contribution >= 4 is 12.3 Å². The maximum atomic E-state index is 12.2. The van der Waals surface area contributed by atoms with Crippen LogP contribution in [-0.4, -0.2) is 49.4 Å². The average molecular weight is 375 g/mol. The van der Waals surface area contributed by atoms with Crippen molar-refractivity contribution in [3.8, 4) is 0 Å². The number of piperidine rings is 1. The molecule has 0 radical (unpaired) electrons. The Morgan fingerprint density at radius 1 is 1.26 bits per heavy atom. The van der Waals surface area contributed by atoms with Crippen LogP contribution < -0.4 is 5.32 Å². The van der Waals surface area contributed by atoms with Crippen molar-refractivity contribution in [2.45, 2.75) is 58.0 Å². The molecule has 1 N–H and O–H groups in total. The second kappa shape index (κ2) is 12.6. The zero-order chi connectivity index (χ0) is 19.3. The van der Waals surface area contributed by atoms with Crippen LogP contribution in [0.3, 0.4) is 0 Å². The fraction of sp³-hybridized carbons (Fsp3) is 0.636. The van der Waals surface area contributed by atoms with Crippen LogP contribution in [0.5, 0.6) is 0 Å². The highest BCUT2D eigenvalue weighted by Gasteiger charge is 2.23. The van der Waals surface area contributed by atoms with Crippen molar-refractivity contribution < 1.29 is 14.3 Å². The zero-order valence-electron chi connectivity index (χ0n) is 16.6. The highest BCUT2D eigenvalue weighted by molar-refractivity contribution is 5.75. The van der Waals surface area contributed by atoms with E-state index in [-0.39, 0.29) is 12.0 Å². The van der Waals surface area contributed by atoms with E-state index in [4.69, 9.17) is 4.74 Å². The number of carbonyl (C=O) groups is 2. The van der Waals surface area contributed by atoms with Gasteiger partial charge < -0.3 is 14.8 Å². The molecule has 1 aromatic rings. The van der Waals surface area contributed by atoms with Crippen molar-refractivity contribution in [2.24, 2.45) is 5.92 Å². The average Bonchev–Trinajstić information content (AvgIpc) is 2.69. The first-order chi connectivity index (χ1) is 13.2. The Morgan fingerprint density at radius 2 is 2.00 bits per heavy atom. The van der Waals surface area contributed by atoms with E-state index in [2.05, 4.69) is 40.5 Å². The van der Waals surface area contributed by atoms with Gasteiger partial charge >= 0.3 is 5.97 Å². The van der Waals surface area contributed by atoms with Gasteiger partial charge in [0, 0.05) is 13.0 Å². The van der Waals surface area contributed by atoms with Crippen LogP contribution in [0.2, 0.25) is 0 Å². The van der Waals surface area contributed by atoms with Crippen molar-refractivity contribution in [2.75, 3.05) is 26.2 Å². The number of hydrogen-bond acceptors (Lipinski definition) is 5. The molecule has 1 unspecified atom stereocenters. The predicted octanol–water partition coefficient (Wildman–Crippen LogP) is 3.18. The van der Waals surface area contributed by atoms with Crippen LogP contribution >= 0.6 is 0 Å². The van der Waals surface area contributed by atoms with Gasteiger partial charge in [-0.2, -0.15) is 0 Å². The first-order valence-corrected chi connectivity index (χ1v) is 10.3. The van der Waals surface area contributed by atoms with Gasteiger partial charge in [-0.25, -0.2) is 0 Å². The maximum absolute atomic E-state index is 12.2. The molecule has 5 heteroatoms. The van der Waals surface area contributed by atoms with Crippen LogP contribution in [0.4, 0.5) is 0 Å².